The average molecular weight is 304 g/mol. The Bertz CT molecular complexity index is 647. The number of amides is 1. The zero-order valence-corrected chi connectivity index (χ0v) is 12.6. The smallest absolute Gasteiger partial charge is 0.306 e. The molecule has 0 aliphatic heterocycles. The molecule has 1 fully saturated rings. The molecule has 0 bridgehead atoms. The van der Waals surface area contributed by atoms with E-state index in [9.17, 15) is 14.4 Å². The minimum atomic E-state index is -0.797. The minimum absolute atomic E-state index is 0.0980. The Morgan fingerprint density at radius 1 is 1.27 bits per heavy atom. The van der Waals surface area contributed by atoms with Crippen LogP contribution in [0.25, 0.3) is 0 Å². The molecule has 2 aliphatic rings. The number of Topliss-reactive ketones (excluding diaryl/α,β-unsaturated/α-hetero) is 1. The number of aromatic nitrogens is 1. The molecule has 118 valence electrons. The number of aryl methyl sites for hydroxylation is 1. The van der Waals surface area contributed by atoms with E-state index in [1.165, 1.54) is 0 Å². The number of aliphatic carboxylic acids is 1. The molecule has 1 aromatic heterocycles. The van der Waals surface area contributed by atoms with Gasteiger partial charge in [0.05, 0.1) is 5.92 Å². The van der Waals surface area contributed by atoms with Gasteiger partial charge in [-0.1, -0.05) is 0 Å². The minimum Gasteiger partial charge on any atom is -0.481 e. The molecule has 1 aromatic rings. The van der Waals surface area contributed by atoms with Crippen molar-refractivity contribution in [1.82, 2.24) is 10.3 Å². The zero-order valence-electron chi connectivity index (χ0n) is 12.6. The molecule has 3 N–H and O–H groups in total. The third-order valence-corrected chi connectivity index (χ3v) is 4.78. The van der Waals surface area contributed by atoms with Crippen molar-refractivity contribution < 1.29 is 19.5 Å². The number of H-pyrrole nitrogens is 1. The van der Waals surface area contributed by atoms with Gasteiger partial charge in [0.15, 0.2) is 5.78 Å². The second-order valence-electron chi connectivity index (χ2n) is 6.27. The molecular weight excluding hydrogens is 284 g/mol. The van der Waals surface area contributed by atoms with Crippen LogP contribution in [0.4, 0.5) is 0 Å². The highest BCUT2D eigenvalue weighted by molar-refractivity contribution is 6.04. The Hall–Kier alpha value is -2.11. The van der Waals surface area contributed by atoms with E-state index >= 15 is 0 Å². The van der Waals surface area contributed by atoms with Crippen LogP contribution in [0, 0.1) is 12.8 Å². The van der Waals surface area contributed by atoms with Gasteiger partial charge in [0.25, 0.3) is 5.91 Å². The Labute approximate surface area is 128 Å². The summed E-state index contributed by atoms with van der Waals surface area (Å²) in [5.74, 6) is -1.31. The maximum absolute atomic E-state index is 12.4. The van der Waals surface area contributed by atoms with E-state index in [0.29, 0.717) is 42.5 Å². The summed E-state index contributed by atoms with van der Waals surface area (Å²) < 4.78 is 0. The summed E-state index contributed by atoms with van der Waals surface area (Å²) in [5.41, 5.74) is 2.68. The maximum Gasteiger partial charge on any atom is 0.306 e. The Morgan fingerprint density at radius 3 is 2.68 bits per heavy atom. The number of fused-ring (bicyclic) bond motifs is 1. The van der Waals surface area contributed by atoms with Gasteiger partial charge in [0.1, 0.15) is 5.69 Å². The van der Waals surface area contributed by atoms with Crippen molar-refractivity contribution in [3.8, 4) is 0 Å². The normalized spacial score (nSPS) is 24.1. The molecule has 2 atom stereocenters. The van der Waals surface area contributed by atoms with Gasteiger partial charge in [-0.05, 0) is 44.6 Å². The molecule has 2 aliphatic carbocycles. The molecule has 6 heteroatoms. The summed E-state index contributed by atoms with van der Waals surface area (Å²) >= 11 is 0. The lowest BCUT2D eigenvalue weighted by Gasteiger charge is -2.12. The van der Waals surface area contributed by atoms with Crippen molar-refractivity contribution in [2.45, 2.75) is 51.5 Å². The van der Waals surface area contributed by atoms with Crippen LogP contribution in [0.1, 0.15) is 64.2 Å². The molecule has 0 spiro atoms. The number of hydrogen-bond acceptors (Lipinski definition) is 3. The predicted octanol–water partition coefficient (Wildman–Crippen LogP) is 1.83. The summed E-state index contributed by atoms with van der Waals surface area (Å²) in [6.07, 6.45) is 3.89. The van der Waals surface area contributed by atoms with Gasteiger partial charge >= 0.3 is 5.97 Å². The van der Waals surface area contributed by atoms with E-state index in [-0.39, 0.29) is 23.7 Å². The molecule has 0 aromatic carbocycles. The quantitative estimate of drug-likeness (QED) is 0.793. The van der Waals surface area contributed by atoms with Gasteiger partial charge in [-0.25, -0.2) is 0 Å². The van der Waals surface area contributed by atoms with E-state index in [2.05, 4.69) is 10.3 Å². The molecule has 6 nitrogen and oxygen atoms in total. The van der Waals surface area contributed by atoms with Crippen molar-refractivity contribution in [2.24, 2.45) is 5.92 Å². The standard InChI is InChI=1S/C16H20N2O4/c1-8-13-11(3-2-4-12(13)19)18-14(8)15(20)17-10-6-5-9(7-10)16(21)22/h9-10,18H,2-7H2,1H3,(H,17,20)(H,21,22)/t9-,10+/m0/s1. The number of aromatic amines is 1. The van der Waals surface area contributed by atoms with Gasteiger partial charge < -0.3 is 15.4 Å². The van der Waals surface area contributed by atoms with Crippen LogP contribution in [0.5, 0.6) is 0 Å². The van der Waals surface area contributed by atoms with Crippen LogP contribution in [0.3, 0.4) is 0 Å². The molecule has 1 heterocycles. The van der Waals surface area contributed by atoms with Crippen molar-refractivity contribution in [2.75, 3.05) is 0 Å². The summed E-state index contributed by atoms with van der Waals surface area (Å²) in [7, 11) is 0. The number of ketones is 1. The van der Waals surface area contributed by atoms with Gasteiger partial charge in [0.2, 0.25) is 0 Å². The van der Waals surface area contributed by atoms with Gasteiger partial charge in [-0.3, -0.25) is 14.4 Å². The largest absolute Gasteiger partial charge is 0.481 e. The van der Waals surface area contributed by atoms with Crippen LogP contribution in [0.15, 0.2) is 0 Å². The zero-order chi connectivity index (χ0) is 15.9. The van der Waals surface area contributed by atoms with Crippen molar-refractivity contribution in [3.05, 3.63) is 22.5 Å². The SMILES string of the molecule is Cc1c(C(=O)N[C@@H]2CC[C@H](C(=O)O)C2)[nH]c2c1C(=O)CCC2. The summed E-state index contributed by atoms with van der Waals surface area (Å²) in [5, 5.41) is 11.9. The highest BCUT2D eigenvalue weighted by atomic mass is 16.4. The lowest BCUT2D eigenvalue weighted by molar-refractivity contribution is -0.141. The van der Waals surface area contributed by atoms with Gasteiger partial charge in [-0.15, -0.1) is 0 Å². The van der Waals surface area contributed by atoms with E-state index in [0.717, 1.165) is 18.5 Å². The van der Waals surface area contributed by atoms with Crippen molar-refractivity contribution in [1.29, 1.82) is 0 Å². The number of carbonyl (C=O) groups excluding carboxylic acids is 2. The Kier molecular flexibility index (Phi) is 3.76. The maximum atomic E-state index is 12.4. The topological polar surface area (TPSA) is 99.3 Å². The lowest BCUT2D eigenvalue weighted by atomic mass is 9.94. The molecule has 1 amide bonds. The van der Waals surface area contributed by atoms with Crippen LogP contribution >= 0.6 is 0 Å². The first-order valence-electron chi connectivity index (χ1n) is 7.75. The van der Waals surface area contributed by atoms with Crippen LogP contribution in [-0.2, 0) is 11.2 Å². The molecule has 3 rings (SSSR count). The monoisotopic (exact) mass is 304 g/mol. The van der Waals surface area contributed by atoms with Gasteiger partial charge in [-0.2, -0.15) is 0 Å². The first-order valence-corrected chi connectivity index (χ1v) is 7.75. The second kappa shape index (κ2) is 5.59. The third kappa shape index (κ3) is 2.53. The number of hydrogen-bond donors (Lipinski definition) is 3. The van der Waals surface area contributed by atoms with Gasteiger partial charge in [0, 0.05) is 23.7 Å². The van der Waals surface area contributed by atoms with Crippen LogP contribution in [0.2, 0.25) is 0 Å². The summed E-state index contributed by atoms with van der Waals surface area (Å²) in [6.45, 7) is 1.79. The number of carboxylic acids is 1. The fourth-order valence-corrected chi connectivity index (χ4v) is 3.60. The summed E-state index contributed by atoms with van der Waals surface area (Å²) in [6, 6.07) is -0.107. The molecular formula is C16H20N2O4. The van der Waals surface area contributed by atoms with E-state index < -0.39 is 5.97 Å². The molecule has 0 radical (unpaired) electrons. The highest BCUT2D eigenvalue weighted by Crippen LogP contribution is 2.28. The fourth-order valence-electron chi connectivity index (χ4n) is 3.60. The van der Waals surface area contributed by atoms with E-state index in [1.807, 2.05) is 0 Å². The molecule has 0 saturated heterocycles. The Balaban J connectivity index is 1.74. The number of nitrogens with one attached hydrogen (secondary N) is 2. The fraction of sp³-hybridized carbons (Fsp3) is 0.562. The van der Waals surface area contributed by atoms with E-state index in [1.54, 1.807) is 6.92 Å². The summed E-state index contributed by atoms with van der Waals surface area (Å²) in [4.78, 5) is 38.5. The van der Waals surface area contributed by atoms with Crippen LogP contribution in [-0.4, -0.2) is 33.8 Å². The van der Waals surface area contributed by atoms with Crippen LogP contribution < -0.4 is 5.32 Å². The number of carbonyl (C=O) groups is 3. The first kappa shape index (κ1) is 14.8. The predicted molar refractivity (Wildman–Crippen MR) is 79.0 cm³/mol. The third-order valence-electron chi connectivity index (χ3n) is 4.78. The molecule has 0 unspecified atom stereocenters. The number of carboxylic acid groups (broad SMARTS) is 1. The van der Waals surface area contributed by atoms with Crippen molar-refractivity contribution in [3.63, 3.8) is 0 Å². The van der Waals surface area contributed by atoms with Crippen molar-refractivity contribution >= 4 is 17.7 Å². The molecule has 22 heavy (non-hydrogen) atoms. The lowest BCUT2D eigenvalue weighted by Crippen LogP contribution is -2.34. The first-order chi connectivity index (χ1) is 10.5. The second-order valence-corrected chi connectivity index (χ2v) is 6.27. The Morgan fingerprint density at radius 2 is 2.05 bits per heavy atom. The number of rotatable bonds is 3. The highest BCUT2D eigenvalue weighted by Gasteiger charge is 2.32. The average Bonchev–Trinajstić information content (AvgIpc) is 3.05. The van der Waals surface area contributed by atoms with E-state index in [4.69, 9.17) is 5.11 Å². The molecule has 1 saturated carbocycles.